The Morgan fingerprint density at radius 1 is 1.18 bits per heavy atom. The van der Waals surface area contributed by atoms with Crippen LogP contribution in [0.4, 0.5) is 8.78 Å². The van der Waals surface area contributed by atoms with Gasteiger partial charge in [0.05, 0.1) is 23.5 Å². The Morgan fingerprint density at radius 2 is 1.97 bits per heavy atom. The summed E-state index contributed by atoms with van der Waals surface area (Å²) in [5.74, 6) is -2.53. The molecule has 4 N–H and O–H groups in total. The molecule has 3 aromatic rings. The van der Waals surface area contributed by atoms with Gasteiger partial charge in [0.15, 0.2) is 5.72 Å². The smallest absolute Gasteiger partial charge is 0.271 e. The molecule has 8 nitrogen and oxygen atoms in total. The molecule has 0 amide bonds. The molecular formula is C24H25F2N5O3. The van der Waals surface area contributed by atoms with Crippen LogP contribution in [0, 0.1) is 24.5 Å². The van der Waals surface area contributed by atoms with E-state index in [-0.39, 0.29) is 23.6 Å². The molecule has 1 aromatic heterocycles. The number of para-hydroxylation sites is 1. The van der Waals surface area contributed by atoms with Crippen LogP contribution in [0.3, 0.4) is 0 Å². The average Bonchev–Trinajstić information content (AvgIpc) is 3.13. The highest BCUT2D eigenvalue weighted by molar-refractivity contribution is 5.40. The van der Waals surface area contributed by atoms with Crippen molar-refractivity contribution in [1.82, 2.24) is 25.5 Å². The third-order valence-corrected chi connectivity index (χ3v) is 6.57. The van der Waals surface area contributed by atoms with Crippen molar-refractivity contribution in [2.24, 2.45) is 5.92 Å². The van der Waals surface area contributed by atoms with Gasteiger partial charge in [-0.1, -0.05) is 18.2 Å². The van der Waals surface area contributed by atoms with E-state index in [0.717, 1.165) is 23.8 Å². The number of benzene rings is 2. The van der Waals surface area contributed by atoms with Crippen molar-refractivity contribution in [3.05, 3.63) is 93.4 Å². The SMILES string of the molecule is Cc1ccccc1-n1nc(C2C3NCC(CO)CN3NC2(O)c2cc(F)ccc2F)ccc1=O. The quantitative estimate of drug-likeness (QED) is 0.454. The number of fused-ring (bicyclic) bond motifs is 1. The van der Waals surface area contributed by atoms with Gasteiger partial charge in [0.1, 0.15) is 11.6 Å². The Hall–Kier alpha value is -3.02. The van der Waals surface area contributed by atoms with E-state index in [1.165, 1.54) is 16.8 Å². The van der Waals surface area contributed by atoms with Gasteiger partial charge in [-0.2, -0.15) is 9.78 Å². The van der Waals surface area contributed by atoms with Gasteiger partial charge < -0.3 is 10.2 Å². The number of rotatable bonds is 4. The summed E-state index contributed by atoms with van der Waals surface area (Å²) >= 11 is 0. The molecule has 0 radical (unpaired) electrons. The zero-order valence-electron chi connectivity index (χ0n) is 18.4. The molecule has 2 aliphatic heterocycles. The van der Waals surface area contributed by atoms with Crippen LogP contribution in [0.25, 0.3) is 5.69 Å². The number of hydrazine groups is 1. The number of nitrogens with one attached hydrogen (secondary N) is 2. The summed E-state index contributed by atoms with van der Waals surface area (Å²) in [6.45, 7) is 2.59. The van der Waals surface area contributed by atoms with Crippen molar-refractivity contribution < 1.29 is 19.0 Å². The first kappa shape index (κ1) is 22.8. The number of hydrogen-bond donors (Lipinski definition) is 4. The minimum absolute atomic E-state index is 0.0776. The number of aromatic nitrogens is 2. The molecule has 10 heteroatoms. The van der Waals surface area contributed by atoms with Gasteiger partial charge in [0.25, 0.3) is 5.56 Å². The standard InChI is InChI=1S/C24H25F2N5O3/c1-14-4-2-3-5-20(14)31-21(33)9-8-19(28-31)22-23-27-11-15(13-32)12-30(23)29-24(22,34)17-10-16(25)6-7-18(17)26/h2-10,15,22-23,27,29,32,34H,11-13H2,1H3. The second-order valence-electron chi connectivity index (χ2n) is 8.83. The summed E-state index contributed by atoms with van der Waals surface area (Å²) < 4.78 is 30.3. The predicted octanol–water partition coefficient (Wildman–Crippen LogP) is 1.11. The van der Waals surface area contributed by atoms with Crippen LogP contribution in [0.15, 0.2) is 59.4 Å². The Balaban J connectivity index is 1.67. The molecule has 0 saturated carbocycles. The van der Waals surface area contributed by atoms with E-state index < -0.39 is 29.4 Å². The van der Waals surface area contributed by atoms with E-state index in [4.69, 9.17) is 0 Å². The highest BCUT2D eigenvalue weighted by atomic mass is 19.1. The first-order valence-corrected chi connectivity index (χ1v) is 11.0. The minimum Gasteiger partial charge on any atom is -0.396 e. The van der Waals surface area contributed by atoms with Gasteiger partial charge in [-0.3, -0.25) is 10.1 Å². The van der Waals surface area contributed by atoms with Gasteiger partial charge in [0, 0.05) is 37.2 Å². The molecule has 4 unspecified atom stereocenters. The van der Waals surface area contributed by atoms with Crippen molar-refractivity contribution in [3.8, 4) is 5.69 Å². The molecule has 3 heterocycles. The van der Waals surface area contributed by atoms with Gasteiger partial charge in [-0.15, -0.1) is 0 Å². The number of halogens is 2. The molecule has 5 rings (SSSR count). The zero-order chi connectivity index (χ0) is 24.0. The molecule has 2 aliphatic rings. The second-order valence-corrected chi connectivity index (χ2v) is 8.83. The summed E-state index contributed by atoms with van der Waals surface area (Å²) in [6.07, 6.45) is -0.564. The molecule has 0 aliphatic carbocycles. The van der Waals surface area contributed by atoms with Crippen molar-refractivity contribution in [3.63, 3.8) is 0 Å². The van der Waals surface area contributed by atoms with E-state index in [2.05, 4.69) is 15.8 Å². The Bertz CT molecular complexity index is 1290. The fourth-order valence-electron chi connectivity index (χ4n) is 4.86. The number of hydrogen-bond acceptors (Lipinski definition) is 7. The van der Waals surface area contributed by atoms with Crippen molar-refractivity contribution in [2.75, 3.05) is 19.7 Å². The van der Waals surface area contributed by atoms with Gasteiger partial charge in [-0.25, -0.2) is 19.2 Å². The maximum Gasteiger partial charge on any atom is 0.271 e. The fourth-order valence-corrected chi connectivity index (χ4v) is 4.86. The van der Waals surface area contributed by atoms with Crippen LogP contribution in [0.1, 0.15) is 22.7 Å². The third kappa shape index (κ3) is 3.73. The average molecular weight is 469 g/mol. The lowest BCUT2D eigenvalue weighted by Crippen LogP contribution is -2.57. The van der Waals surface area contributed by atoms with Crippen molar-refractivity contribution in [2.45, 2.75) is 24.7 Å². The van der Waals surface area contributed by atoms with Crippen LogP contribution in [-0.2, 0) is 5.72 Å². The topological polar surface area (TPSA) is 103 Å². The summed E-state index contributed by atoms with van der Waals surface area (Å²) in [5.41, 5.74) is 1.94. The largest absolute Gasteiger partial charge is 0.396 e. The number of aryl methyl sites for hydroxylation is 1. The van der Waals surface area contributed by atoms with Gasteiger partial charge in [-0.05, 0) is 42.8 Å². The lowest BCUT2D eigenvalue weighted by atomic mass is 9.85. The molecule has 2 fully saturated rings. The molecule has 0 bridgehead atoms. The minimum atomic E-state index is -2.07. The third-order valence-electron chi connectivity index (χ3n) is 6.57. The molecule has 34 heavy (non-hydrogen) atoms. The first-order valence-electron chi connectivity index (χ1n) is 11.0. The van der Waals surface area contributed by atoms with E-state index in [1.54, 1.807) is 17.1 Å². The summed E-state index contributed by atoms with van der Waals surface area (Å²) in [5, 5.41) is 31.0. The molecular weight excluding hydrogens is 444 g/mol. The summed E-state index contributed by atoms with van der Waals surface area (Å²) in [7, 11) is 0. The second kappa shape index (κ2) is 8.64. The van der Waals surface area contributed by atoms with E-state index in [0.29, 0.717) is 24.5 Å². The van der Waals surface area contributed by atoms with Gasteiger partial charge in [0.2, 0.25) is 0 Å². The van der Waals surface area contributed by atoms with Crippen LogP contribution >= 0.6 is 0 Å². The van der Waals surface area contributed by atoms with Crippen molar-refractivity contribution >= 4 is 0 Å². The number of aliphatic hydroxyl groups is 2. The number of nitrogens with zero attached hydrogens (tertiary/aromatic N) is 3. The van der Waals surface area contributed by atoms with Crippen LogP contribution < -0.4 is 16.3 Å². The molecule has 178 valence electrons. The monoisotopic (exact) mass is 469 g/mol. The molecule has 4 atom stereocenters. The summed E-state index contributed by atoms with van der Waals surface area (Å²) in [4.78, 5) is 12.7. The maximum atomic E-state index is 14.9. The zero-order valence-corrected chi connectivity index (χ0v) is 18.4. The fraction of sp³-hybridized carbons (Fsp3) is 0.333. The Labute approximate surface area is 194 Å². The van der Waals surface area contributed by atoms with E-state index >= 15 is 0 Å². The highest BCUT2D eigenvalue weighted by Crippen LogP contribution is 2.44. The predicted molar refractivity (Wildman–Crippen MR) is 120 cm³/mol. The molecule has 0 spiro atoms. The van der Waals surface area contributed by atoms with Crippen LogP contribution in [0.5, 0.6) is 0 Å². The lowest BCUT2D eigenvalue weighted by Gasteiger charge is -2.36. The number of aliphatic hydroxyl groups excluding tert-OH is 1. The molecule has 2 saturated heterocycles. The summed E-state index contributed by atoms with van der Waals surface area (Å²) in [6, 6.07) is 13.0. The van der Waals surface area contributed by atoms with Gasteiger partial charge >= 0.3 is 0 Å². The van der Waals surface area contributed by atoms with E-state index in [1.807, 2.05) is 19.1 Å². The normalized spacial score (nSPS) is 27.0. The lowest BCUT2D eigenvalue weighted by molar-refractivity contribution is -0.0348. The first-order chi connectivity index (χ1) is 16.3. The Kier molecular flexibility index (Phi) is 5.78. The van der Waals surface area contributed by atoms with E-state index in [9.17, 15) is 23.8 Å². The Morgan fingerprint density at radius 3 is 2.74 bits per heavy atom. The maximum absolute atomic E-state index is 14.9. The molecule has 2 aromatic carbocycles. The van der Waals surface area contributed by atoms with Crippen molar-refractivity contribution in [1.29, 1.82) is 0 Å². The van der Waals surface area contributed by atoms with Crippen LogP contribution in [-0.4, -0.2) is 50.9 Å². The highest BCUT2D eigenvalue weighted by Gasteiger charge is 2.56. The van der Waals surface area contributed by atoms with Crippen LogP contribution in [0.2, 0.25) is 0 Å².